The summed E-state index contributed by atoms with van der Waals surface area (Å²) in [6, 6.07) is -0.948. The van der Waals surface area contributed by atoms with Crippen LogP contribution in [0.5, 0.6) is 0 Å². The SMILES string of the molecule is CCC/C=C\C/C=C\CCCCCCCC(=O)NC(COC1OC(CO)C(OC2OC(CO)C(O)C(O)C2O)C(O)C1O)C(O)/C=C/CC/C=C/CC/C=C/CCCCCCCCCCCCCCCCCCCCCCCCC. The molecule has 2 heterocycles. The molecule has 0 spiro atoms. The van der Waals surface area contributed by atoms with Gasteiger partial charge in [-0.1, -0.05) is 242 Å². The molecule has 0 aromatic carbocycles. The third kappa shape index (κ3) is 35.7. The van der Waals surface area contributed by atoms with E-state index in [1.807, 2.05) is 6.08 Å². The van der Waals surface area contributed by atoms with Gasteiger partial charge in [-0.3, -0.25) is 4.79 Å². The molecule has 2 aliphatic heterocycles. The van der Waals surface area contributed by atoms with Gasteiger partial charge < -0.3 is 65.1 Å². The zero-order chi connectivity index (χ0) is 58.1. The summed E-state index contributed by atoms with van der Waals surface area (Å²) in [5.41, 5.74) is 0. The highest BCUT2D eigenvalue weighted by Gasteiger charge is 2.51. The highest BCUT2D eigenvalue weighted by molar-refractivity contribution is 5.76. The summed E-state index contributed by atoms with van der Waals surface area (Å²) in [4.78, 5) is 13.2. The van der Waals surface area contributed by atoms with Gasteiger partial charge in [0.1, 0.15) is 48.8 Å². The minimum atomic E-state index is -1.80. The third-order valence-electron chi connectivity index (χ3n) is 15.6. The number of aliphatic hydroxyl groups excluding tert-OH is 8. The number of nitrogens with one attached hydrogen (secondary N) is 1. The molecule has 0 aromatic rings. The highest BCUT2D eigenvalue weighted by Crippen LogP contribution is 2.30. The van der Waals surface area contributed by atoms with E-state index in [0.29, 0.717) is 12.8 Å². The smallest absolute Gasteiger partial charge is 0.220 e. The lowest BCUT2D eigenvalue weighted by atomic mass is 9.97. The van der Waals surface area contributed by atoms with E-state index in [9.17, 15) is 45.6 Å². The maximum atomic E-state index is 13.2. The van der Waals surface area contributed by atoms with E-state index in [-0.39, 0.29) is 18.9 Å². The molecule has 0 aromatic heterocycles. The second kappa shape index (κ2) is 51.1. The minimum absolute atomic E-state index is 0.251. The van der Waals surface area contributed by atoms with E-state index >= 15 is 0 Å². The highest BCUT2D eigenvalue weighted by atomic mass is 16.7. The Hall–Kier alpha value is -2.31. The molecule has 9 N–H and O–H groups in total. The number of carbonyl (C=O) groups excluding carboxylic acids is 1. The maximum absolute atomic E-state index is 13.2. The molecule has 0 radical (unpaired) electrons. The molecule has 12 atom stereocenters. The monoisotopic (exact) mass is 1130 g/mol. The molecule has 2 aliphatic rings. The molecule has 2 fully saturated rings. The first-order valence-corrected chi connectivity index (χ1v) is 32.5. The molecule has 466 valence electrons. The van der Waals surface area contributed by atoms with Gasteiger partial charge in [0.2, 0.25) is 5.91 Å². The summed E-state index contributed by atoms with van der Waals surface area (Å²) in [6.07, 6.45) is 50.2. The second-order valence-electron chi connectivity index (χ2n) is 22.9. The predicted molar refractivity (Wildman–Crippen MR) is 323 cm³/mol. The molecule has 14 nitrogen and oxygen atoms in total. The number of allylic oxidation sites excluding steroid dienone is 9. The van der Waals surface area contributed by atoms with E-state index < -0.39 is 86.8 Å². The van der Waals surface area contributed by atoms with Crippen molar-refractivity contribution >= 4 is 5.91 Å². The van der Waals surface area contributed by atoms with E-state index in [0.717, 1.165) is 77.0 Å². The lowest BCUT2D eigenvalue weighted by molar-refractivity contribution is -0.359. The fourth-order valence-corrected chi connectivity index (χ4v) is 10.4. The number of hydrogen-bond acceptors (Lipinski definition) is 13. The first-order valence-electron chi connectivity index (χ1n) is 32.5. The Morgan fingerprint density at radius 3 is 1.35 bits per heavy atom. The number of rotatable bonds is 52. The first-order chi connectivity index (χ1) is 39.1. The summed E-state index contributed by atoms with van der Waals surface area (Å²) in [5, 5.41) is 87.1. The van der Waals surface area contributed by atoms with E-state index in [1.54, 1.807) is 6.08 Å². The van der Waals surface area contributed by atoms with Crippen molar-refractivity contribution in [2.24, 2.45) is 0 Å². The van der Waals surface area contributed by atoms with Gasteiger partial charge in [0, 0.05) is 6.42 Å². The van der Waals surface area contributed by atoms with Gasteiger partial charge in [-0.15, -0.1) is 0 Å². The summed E-state index contributed by atoms with van der Waals surface area (Å²) in [5.74, 6) is -0.269. The average Bonchev–Trinajstić information content (AvgIpc) is 3.47. The van der Waals surface area contributed by atoms with Crippen LogP contribution >= 0.6 is 0 Å². The van der Waals surface area contributed by atoms with Crippen LogP contribution in [-0.4, -0.2) is 140 Å². The third-order valence-corrected chi connectivity index (χ3v) is 15.6. The minimum Gasteiger partial charge on any atom is -0.394 e. The zero-order valence-electron chi connectivity index (χ0n) is 50.3. The van der Waals surface area contributed by atoms with E-state index in [2.05, 4.69) is 67.8 Å². The molecule has 0 bridgehead atoms. The van der Waals surface area contributed by atoms with Crippen LogP contribution in [0.1, 0.15) is 258 Å². The van der Waals surface area contributed by atoms with Crippen molar-refractivity contribution in [3.63, 3.8) is 0 Å². The summed E-state index contributed by atoms with van der Waals surface area (Å²) in [6.45, 7) is 2.70. The molecule has 80 heavy (non-hydrogen) atoms. The van der Waals surface area contributed by atoms with Gasteiger partial charge in [0.05, 0.1) is 32.0 Å². The number of aliphatic hydroxyl groups is 8. The van der Waals surface area contributed by atoms with Crippen molar-refractivity contribution in [1.29, 1.82) is 0 Å². The van der Waals surface area contributed by atoms with Crippen molar-refractivity contribution < 1.29 is 64.6 Å². The lowest BCUT2D eigenvalue weighted by Crippen LogP contribution is -2.65. The number of ether oxygens (including phenoxy) is 4. The molecule has 0 aliphatic carbocycles. The first kappa shape index (κ1) is 73.8. The van der Waals surface area contributed by atoms with Crippen molar-refractivity contribution in [3.05, 3.63) is 60.8 Å². The normalized spacial score (nSPS) is 24.6. The molecule has 1 amide bonds. The van der Waals surface area contributed by atoms with Crippen LogP contribution in [0.3, 0.4) is 0 Å². The van der Waals surface area contributed by atoms with Gasteiger partial charge in [0.15, 0.2) is 12.6 Å². The predicted octanol–water partition coefficient (Wildman–Crippen LogP) is 12.1. The van der Waals surface area contributed by atoms with E-state index in [4.69, 9.17) is 18.9 Å². The largest absolute Gasteiger partial charge is 0.394 e. The Kier molecular flexibility index (Phi) is 47.2. The zero-order valence-corrected chi connectivity index (χ0v) is 50.3. The second-order valence-corrected chi connectivity index (χ2v) is 22.9. The Morgan fingerprint density at radius 1 is 0.450 bits per heavy atom. The van der Waals surface area contributed by atoms with Crippen LogP contribution in [0.25, 0.3) is 0 Å². The number of hydrogen-bond donors (Lipinski definition) is 9. The van der Waals surface area contributed by atoms with Crippen LogP contribution in [0.15, 0.2) is 60.8 Å². The maximum Gasteiger partial charge on any atom is 0.220 e. The molecule has 2 saturated heterocycles. The quantitative estimate of drug-likeness (QED) is 0.0204. The molecule has 2 rings (SSSR count). The van der Waals surface area contributed by atoms with Crippen molar-refractivity contribution in [2.75, 3.05) is 19.8 Å². The molecule has 12 unspecified atom stereocenters. The molecular weight excluding hydrogens is 1010 g/mol. The fraction of sp³-hybridized carbons (Fsp3) is 0.833. The van der Waals surface area contributed by atoms with Crippen molar-refractivity contribution in [2.45, 2.75) is 331 Å². The summed E-state index contributed by atoms with van der Waals surface area (Å²) < 4.78 is 22.7. The van der Waals surface area contributed by atoms with E-state index in [1.165, 1.54) is 148 Å². The topological polar surface area (TPSA) is 228 Å². The van der Waals surface area contributed by atoms with Gasteiger partial charge in [-0.2, -0.15) is 0 Å². The van der Waals surface area contributed by atoms with Gasteiger partial charge in [0.25, 0.3) is 0 Å². The Morgan fingerprint density at radius 2 is 0.863 bits per heavy atom. The molecule has 14 heteroatoms. The van der Waals surface area contributed by atoms with Crippen LogP contribution in [0.2, 0.25) is 0 Å². The van der Waals surface area contributed by atoms with Gasteiger partial charge >= 0.3 is 0 Å². The standard InChI is InChI=1S/C66H119NO13/c1-3-5-7-9-11-13-15-17-18-19-20-21-22-23-24-25-26-27-28-29-30-31-32-33-34-35-36-38-39-41-43-45-47-49-55(70)54(67-58(71)50-48-46-44-42-40-37-16-14-12-10-8-6-4-2)53-77-65-63(76)61(74)64(57(52-69)79-65)80-66-62(75)60(73)59(72)56(51-68)78-66/h8,10,14,16,34-35,39,41,47,49,54-57,59-66,68-70,72-76H,3-7,9,11-13,15,17-33,36-38,40,42-46,48,50-53H2,1-2H3,(H,67,71)/b10-8-,16-14-,35-34+,41-39+,49-47+. The van der Waals surface area contributed by atoms with Crippen LogP contribution in [-0.2, 0) is 23.7 Å². The molecule has 0 saturated carbocycles. The number of carbonyl (C=O) groups is 1. The van der Waals surface area contributed by atoms with Crippen LogP contribution < -0.4 is 5.32 Å². The van der Waals surface area contributed by atoms with Crippen molar-refractivity contribution in [1.82, 2.24) is 5.32 Å². The van der Waals surface area contributed by atoms with Gasteiger partial charge in [-0.05, 0) is 70.6 Å². The fourth-order valence-electron chi connectivity index (χ4n) is 10.4. The summed E-state index contributed by atoms with van der Waals surface area (Å²) in [7, 11) is 0. The lowest BCUT2D eigenvalue weighted by Gasteiger charge is -2.46. The van der Waals surface area contributed by atoms with Gasteiger partial charge in [-0.25, -0.2) is 0 Å². The number of unbranched alkanes of at least 4 members (excludes halogenated alkanes) is 31. The summed E-state index contributed by atoms with van der Waals surface area (Å²) >= 11 is 0. The average molecular weight is 1130 g/mol. The Balaban J connectivity index is 1.68. The number of amides is 1. The Labute approximate surface area is 486 Å². The van der Waals surface area contributed by atoms with Crippen LogP contribution in [0, 0.1) is 0 Å². The van der Waals surface area contributed by atoms with Crippen LogP contribution in [0.4, 0.5) is 0 Å². The van der Waals surface area contributed by atoms with Crippen molar-refractivity contribution in [3.8, 4) is 0 Å². The molecular formula is C66H119NO13. The Bertz CT molecular complexity index is 1570.